The van der Waals surface area contributed by atoms with Crippen LogP contribution in [0.15, 0.2) is 54.6 Å². The number of thiocarbonyl (C=S) groups is 1. The van der Waals surface area contributed by atoms with Crippen molar-refractivity contribution in [3.05, 3.63) is 65.7 Å². The molecular formula is C24H27N3O7S. The number of carboxylic acid groups (broad SMARTS) is 1. The van der Waals surface area contributed by atoms with Crippen LogP contribution in [0, 0.1) is 0 Å². The van der Waals surface area contributed by atoms with Gasteiger partial charge in [-0.2, -0.15) is 0 Å². The largest absolute Gasteiger partial charge is 0.481 e. The molecule has 35 heavy (non-hydrogen) atoms. The molecule has 2 aromatic carbocycles. The molecule has 0 aliphatic rings. The summed E-state index contributed by atoms with van der Waals surface area (Å²) in [6.45, 7) is 1.96. The fourth-order valence-corrected chi connectivity index (χ4v) is 3.33. The van der Waals surface area contributed by atoms with E-state index in [9.17, 15) is 24.3 Å². The lowest BCUT2D eigenvalue weighted by molar-refractivity contribution is -0.145. The molecule has 0 aliphatic heterocycles. The van der Waals surface area contributed by atoms with Crippen molar-refractivity contribution in [2.75, 3.05) is 19.0 Å². The maximum Gasteiger partial charge on any atom is 0.338 e. The van der Waals surface area contributed by atoms with Crippen molar-refractivity contribution in [3.63, 3.8) is 0 Å². The van der Waals surface area contributed by atoms with Gasteiger partial charge in [-0.05, 0) is 49.0 Å². The van der Waals surface area contributed by atoms with E-state index in [1.165, 1.54) is 19.2 Å². The maximum atomic E-state index is 12.9. The Morgan fingerprint density at radius 2 is 1.63 bits per heavy atom. The third kappa shape index (κ3) is 9.05. The number of nitrogens with one attached hydrogen (secondary N) is 3. The van der Waals surface area contributed by atoms with Crippen LogP contribution in [0.1, 0.15) is 29.3 Å². The van der Waals surface area contributed by atoms with Gasteiger partial charge in [-0.15, -0.1) is 0 Å². The molecule has 0 heterocycles. The average molecular weight is 502 g/mol. The quantitative estimate of drug-likeness (QED) is 0.266. The van der Waals surface area contributed by atoms with E-state index < -0.39 is 42.3 Å². The van der Waals surface area contributed by atoms with Gasteiger partial charge < -0.3 is 30.5 Å². The zero-order chi connectivity index (χ0) is 25.8. The van der Waals surface area contributed by atoms with Crippen molar-refractivity contribution in [3.8, 4) is 0 Å². The van der Waals surface area contributed by atoms with E-state index in [4.69, 9.17) is 21.7 Å². The summed E-state index contributed by atoms with van der Waals surface area (Å²) < 4.78 is 9.72. The Bertz CT molecular complexity index is 1040. The zero-order valence-electron chi connectivity index (χ0n) is 19.3. The van der Waals surface area contributed by atoms with Crippen molar-refractivity contribution in [1.82, 2.24) is 10.6 Å². The lowest BCUT2D eigenvalue weighted by Crippen LogP contribution is -2.53. The van der Waals surface area contributed by atoms with E-state index in [-0.39, 0.29) is 18.1 Å². The molecule has 0 radical (unpaired) electrons. The third-order valence-corrected chi connectivity index (χ3v) is 4.96. The molecule has 0 fully saturated rings. The van der Waals surface area contributed by atoms with E-state index in [2.05, 4.69) is 16.0 Å². The maximum absolute atomic E-state index is 12.9. The summed E-state index contributed by atoms with van der Waals surface area (Å²) in [6, 6.07) is 12.9. The van der Waals surface area contributed by atoms with E-state index in [1.807, 2.05) is 6.07 Å². The van der Waals surface area contributed by atoms with Crippen LogP contribution in [0.2, 0.25) is 0 Å². The number of carbonyl (C=O) groups excluding carboxylic acids is 3. The minimum Gasteiger partial charge on any atom is -0.481 e. The normalized spacial score (nSPS) is 11.9. The SMILES string of the molecule is CCOC(=O)c1ccc(NC(=S)NC(CC(=O)O)C(=O)NC(Cc2ccccc2)C(=O)OC)cc1. The summed E-state index contributed by atoms with van der Waals surface area (Å²) in [6.07, 6.45) is -0.427. The Hall–Kier alpha value is -3.99. The lowest BCUT2D eigenvalue weighted by atomic mass is 10.1. The first-order valence-electron chi connectivity index (χ1n) is 10.7. The van der Waals surface area contributed by atoms with Crippen molar-refractivity contribution >= 4 is 46.8 Å². The van der Waals surface area contributed by atoms with Crippen LogP contribution in [0.4, 0.5) is 5.69 Å². The molecule has 10 nitrogen and oxygen atoms in total. The second-order valence-corrected chi connectivity index (χ2v) is 7.73. The topological polar surface area (TPSA) is 143 Å². The van der Waals surface area contributed by atoms with Gasteiger partial charge in [0.05, 0.1) is 25.7 Å². The first-order chi connectivity index (χ1) is 16.7. The summed E-state index contributed by atoms with van der Waals surface area (Å²) in [5.74, 6) is -3.11. The molecule has 2 atom stereocenters. The fraction of sp³-hybridized carbons (Fsp3) is 0.292. The monoisotopic (exact) mass is 501 g/mol. The molecule has 0 saturated heterocycles. The number of carbonyl (C=O) groups is 4. The highest BCUT2D eigenvalue weighted by atomic mass is 32.1. The van der Waals surface area contributed by atoms with Crippen LogP contribution >= 0.6 is 12.2 Å². The first kappa shape index (κ1) is 27.3. The number of amides is 1. The van der Waals surface area contributed by atoms with Crippen LogP contribution in [0.3, 0.4) is 0 Å². The Morgan fingerprint density at radius 3 is 2.20 bits per heavy atom. The van der Waals surface area contributed by atoms with Crippen LogP contribution in [0.25, 0.3) is 0 Å². The first-order valence-corrected chi connectivity index (χ1v) is 11.1. The van der Waals surface area contributed by atoms with Gasteiger partial charge in [-0.25, -0.2) is 9.59 Å². The van der Waals surface area contributed by atoms with Crippen molar-refractivity contribution in [2.45, 2.75) is 31.8 Å². The summed E-state index contributed by atoms with van der Waals surface area (Å²) in [4.78, 5) is 48.2. The highest BCUT2D eigenvalue weighted by molar-refractivity contribution is 7.80. The van der Waals surface area contributed by atoms with Gasteiger partial charge in [-0.3, -0.25) is 9.59 Å². The Morgan fingerprint density at radius 1 is 0.971 bits per heavy atom. The van der Waals surface area contributed by atoms with Crippen LogP contribution < -0.4 is 16.0 Å². The lowest BCUT2D eigenvalue weighted by Gasteiger charge is -2.22. The minimum absolute atomic E-state index is 0.0204. The number of anilines is 1. The third-order valence-electron chi connectivity index (χ3n) is 4.74. The Balaban J connectivity index is 2.06. The predicted octanol–water partition coefficient (Wildman–Crippen LogP) is 1.89. The van der Waals surface area contributed by atoms with Gasteiger partial charge in [0, 0.05) is 12.1 Å². The number of rotatable bonds is 11. The van der Waals surface area contributed by atoms with Crippen LogP contribution in [0.5, 0.6) is 0 Å². The van der Waals surface area contributed by atoms with Gasteiger partial charge >= 0.3 is 17.9 Å². The minimum atomic E-state index is -1.27. The highest BCUT2D eigenvalue weighted by Gasteiger charge is 2.28. The van der Waals surface area contributed by atoms with E-state index in [1.54, 1.807) is 43.3 Å². The van der Waals surface area contributed by atoms with Crippen LogP contribution in [-0.4, -0.2) is 59.8 Å². The molecule has 0 bridgehead atoms. The molecule has 11 heteroatoms. The summed E-state index contributed by atoms with van der Waals surface area (Å²) in [5, 5.41) is 17.3. The molecule has 0 spiro atoms. The molecule has 2 unspecified atom stereocenters. The molecule has 186 valence electrons. The molecule has 0 saturated carbocycles. The molecule has 2 aromatic rings. The molecule has 0 aromatic heterocycles. The van der Waals surface area contributed by atoms with Gasteiger partial charge in [0.1, 0.15) is 12.1 Å². The second kappa shape index (κ2) is 13.7. The number of ether oxygens (including phenoxy) is 2. The zero-order valence-corrected chi connectivity index (χ0v) is 20.1. The number of aliphatic carboxylic acids is 1. The number of methoxy groups -OCH3 is 1. The van der Waals surface area contributed by atoms with E-state index >= 15 is 0 Å². The number of benzene rings is 2. The standard InChI is InChI=1S/C24H27N3O7S/c1-3-34-22(31)16-9-11-17(12-10-16)25-24(35)27-18(14-20(28)29)21(30)26-19(23(32)33-2)13-15-7-5-4-6-8-15/h4-12,18-19H,3,13-14H2,1-2H3,(H,26,30)(H,28,29)(H2,25,27,35). The number of hydrogen-bond donors (Lipinski definition) is 4. The van der Waals surface area contributed by atoms with Gasteiger partial charge in [0.2, 0.25) is 5.91 Å². The van der Waals surface area contributed by atoms with Gasteiger partial charge in [-0.1, -0.05) is 30.3 Å². The number of esters is 2. The predicted molar refractivity (Wildman–Crippen MR) is 132 cm³/mol. The van der Waals surface area contributed by atoms with Gasteiger partial charge in [0.15, 0.2) is 5.11 Å². The Labute approximate surface area is 208 Å². The Kier molecular flexibility index (Phi) is 10.6. The summed E-state index contributed by atoms with van der Waals surface area (Å²) in [7, 11) is 1.20. The van der Waals surface area contributed by atoms with Crippen molar-refractivity contribution in [1.29, 1.82) is 0 Å². The number of carboxylic acids is 1. The molecule has 1 amide bonds. The fourth-order valence-electron chi connectivity index (χ4n) is 3.07. The molecule has 0 aliphatic carbocycles. The highest BCUT2D eigenvalue weighted by Crippen LogP contribution is 2.11. The van der Waals surface area contributed by atoms with Crippen molar-refractivity contribution < 1.29 is 33.8 Å². The van der Waals surface area contributed by atoms with E-state index in [0.29, 0.717) is 11.3 Å². The average Bonchev–Trinajstić information content (AvgIpc) is 2.83. The smallest absolute Gasteiger partial charge is 0.338 e. The molecule has 2 rings (SSSR count). The van der Waals surface area contributed by atoms with Crippen molar-refractivity contribution in [2.24, 2.45) is 0 Å². The number of hydrogen-bond acceptors (Lipinski definition) is 7. The van der Waals surface area contributed by atoms with E-state index in [0.717, 1.165) is 5.56 Å². The summed E-state index contributed by atoms with van der Waals surface area (Å²) >= 11 is 5.22. The van der Waals surface area contributed by atoms with Crippen LogP contribution in [-0.2, 0) is 30.3 Å². The second-order valence-electron chi connectivity index (χ2n) is 7.32. The summed E-state index contributed by atoms with van der Waals surface area (Å²) in [5.41, 5.74) is 1.64. The molecular weight excluding hydrogens is 474 g/mol. The van der Waals surface area contributed by atoms with Gasteiger partial charge in [0.25, 0.3) is 0 Å². The molecule has 4 N–H and O–H groups in total.